The Morgan fingerprint density at radius 3 is 2.32 bits per heavy atom. The van der Waals surface area contributed by atoms with Crippen LogP contribution in [-0.4, -0.2) is 34.0 Å². The number of benzene rings is 2. The number of nitrogens with zero attached hydrogens (tertiary/aromatic N) is 1. The SMILES string of the molecule is CCNC(=NCc1ccc(S(=O)(=O)NC)cc1)NC(C)CCc1ccccc1. The highest BCUT2D eigenvalue weighted by atomic mass is 32.2. The maximum absolute atomic E-state index is 11.8. The molecule has 2 rings (SSSR count). The van der Waals surface area contributed by atoms with Gasteiger partial charge in [-0.3, -0.25) is 0 Å². The topological polar surface area (TPSA) is 82.6 Å². The summed E-state index contributed by atoms with van der Waals surface area (Å²) in [7, 11) is -2.01. The quantitative estimate of drug-likeness (QED) is 0.445. The van der Waals surface area contributed by atoms with Crippen LogP contribution in [0.2, 0.25) is 0 Å². The minimum Gasteiger partial charge on any atom is -0.357 e. The Kier molecular flexibility index (Phi) is 8.47. The van der Waals surface area contributed by atoms with E-state index in [2.05, 4.69) is 51.5 Å². The van der Waals surface area contributed by atoms with Gasteiger partial charge in [0.15, 0.2) is 5.96 Å². The molecule has 7 heteroatoms. The van der Waals surface area contributed by atoms with Crippen molar-refractivity contribution in [2.75, 3.05) is 13.6 Å². The Hall–Kier alpha value is -2.38. The van der Waals surface area contributed by atoms with Crippen LogP contribution in [0.5, 0.6) is 0 Å². The van der Waals surface area contributed by atoms with Gasteiger partial charge < -0.3 is 10.6 Å². The number of sulfonamides is 1. The zero-order chi connectivity index (χ0) is 20.4. The summed E-state index contributed by atoms with van der Waals surface area (Å²) < 4.78 is 25.9. The molecule has 1 atom stereocenters. The van der Waals surface area contributed by atoms with Gasteiger partial charge in [-0.25, -0.2) is 18.1 Å². The maximum atomic E-state index is 11.8. The van der Waals surface area contributed by atoms with Gasteiger partial charge >= 0.3 is 0 Å². The van der Waals surface area contributed by atoms with Crippen LogP contribution in [0.15, 0.2) is 64.5 Å². The van der Waals surface area contributed by atoms with Crippen LogP contribution in [0.25, 0.3) is 0 Å². The molecule has 0 aliphatic rings. The van der Waals surface area contributed by atoms with Gasteiger partial charge in [-0.15, -0.1) is 0 Å². The summed E-state index contributed by atoms with van der Waals surface area (Å²) in [4.78, 5) is 4.87. The van der Waals surface area contributed by atoms with Crippen LogP contribution in [0.1, 0.15) is 31.4 Å². The predicted molar refractivity (Wildman–Crippen MR) is 115 cm³/mol. The van der Waals surface area contributed by atoms with E-state index >= 15 is 0 Å². The van der Waals surface area contributed by atoms with E-state index < -0.39 is 10.0 Å². The fourth-order valence-corrected chi connectivity index (χ4v) is 3.45. The first-order valence-corrected chi connectivity index (χ1v) is 11.0. The Labute approximate surface area is 168 Å². The molecule has 2 aromatic carbocycles. The largest absolute Gasteiger partial charge is 0.357 e. The van der Waals surface area contributed by atoms with Gasteiger partial charge in [0.05, 0.1) is 11.4 Å². The van der Waals surface area contributed by atoms with Crippen molar-refractivity contribution < 1.29 is 8.42 Å². The van der Waals surface area contributed by atoms with Gasteiger partial charge in [-0.05, 0) is 57.0 Å². The summed E-state index contributed by atoms with van der Waals surface area (Å²) in [6.45, 7) is 5.42. The molecule has 0 spiro atoms. The number of rotatable bonds is 9. The lowest BCUT2D eigenvalue weighted by atomic mass is 10.1. The van der Waals surface area contributed by atoms with E-state index in [1.54, 1.807) is 24.3 Å². The molecule has 6 nitrogen and oxygen atoms in total. The van der Waals surface area contributed by atoms with E-state index in [9.17, 15) is 8.42 Å². The second-order valence-corrected chi connectivity index (χ2v) is 8.50. The summed E-state index contributed by atoms with van der Waals surface area (Å²) in [5.74, 6) is 0.759. The highest BCUT2D eigenvalue weighted by molar-refractivity contribution is 7.89. The van der Waals surface area contributed by atoms with E-state index in [4.69, 9.17) is 0 Å². The first kappa shape index (κ1) is 21.9. The Balaban J connectivity index is 1.94. The molecule has 0 saturated heterocycles. The highest BCUT2D eigenvalue weighted by Crippen LogP contribution is 2.11. The Bertz CT molecular complexity index is 850. The molecule has 28 heavy (non-hydrogen) atoms. The minimum absolute atomic E-state index is 0.252. The van der Waals surface area contributed by atoms with Crippen molar-refractivity contribution in [1.82, 2.24) is 15.4 Å². The molecule has 2 aromatic rings. The van der Waals surface area contributed by atoms with Crippen molar-refractivity contribution in [2.45, 2.75) is 44.2 Å². The van der Waals surface area contributed by atoms with Gasteiger partial charge in [0.25, 0.3) is 0 Å². The van der Waals surface area contributed by atoms with Crippen molar-refractivity contribution in [3.05, 3.63) is 65.7 Å². The zero-order valence-corrected chi connectivity index (χ0v) is 17.6. The van der Waals surface area contributed by atoms with Gasteiger partial charge in [-0.2, -0.15) is 0 Å². The van der Waals surface area contributed by atoms with Crippen molar-refractivity contribution in [3.63, 3.8) is 0 Å². The van der Waals surface area contributed by atoms with E-state index in [-0.39, 0.29) is 10.9 Å². The standard InChI is InChI=1S/C21H30N4O2S/c1-4-23-21(25-17(2)10-11-18-8-6-5-7-9-18)24-16-19-12-14-20(15-13-19)28(26,27)22-3/h5-9,12-15,17,22H,4,10-11,16H2,1-3H3,(H2,23,24,25). The Morgan fingerprint density at radius 2 is 1.71 bits per heavy atom. The number of hydrogen-bond donors (Lipinski definition) is 3. The number of hydrogen-bond acceptors (Lipinski definition) is 3. The molecule has 152 valence electrons. The minimum atomic E-state index is -3.41. The van der Waals surface area contributed by atoms with E-state index in [1.165, 1.54) is 12.6 Å². The van der Waals surface area contributed by atoms with E-state index in [0.29, 0.717) is 6.54 Å². The maximum Gasteiger partial charge on any atom is 0.240 e. The molecular weight excluding hydrogens is 372 g/mol. The van der Waals surface area contributed by atoms with Crippen LogP contribution in [-0.2, 0) is 23.0 Å². The first-order valence-electron chi connectivity index (χ1n) is 9.56. The molecule has 1 unspecified atom stereocenters. The third-order valence-electron chi connectivity index (χ3n) is 4.36. The normalized spacial score (nSPS) is 13.2. The number of aryl methyl sites for hydroxylation is 1. The molecule has 0 radical (unpaired) electrons. The van der Waals surface area contributed by atoms with Crippen LogP contribution >= 0.6 is 0 Å². The molecule has 0 fully saturated rings. The van der Waals surface area contributed by atoms with E-state index in [1.807, 2.05) is 13.0 Å². The van der Waals surface area contributed by atoms with Crippen LogP contribution in [0, 0.1) is 0 Å². The highest BCUT2D eigenvalue weighted by Gasteiger charge is 2.10. The molecule has 0 saturated carbocycles. The van der Waals surface area contributed by atoms with Crippen LogP contribution < -0.4 is 15.4 Å². The molecule has 0 aliphatic carbocycles. The van der Waals surface area contributed by atoms with Gasteiger partial charge in [0.1, 0.15) is 0 Å². The summed E-state index contributed by atoms with van der Waals surface area (Å²) in [5, 5.41) is 6.70. The first-order chi connectivity index (χ1) is 13.4. The molecule has 0 amide bonds. The van der Waals surface area contributed by atoms with Crippen molar-refractivity contribution in [2.24, 2.45) is 4.99 Å². The zero-order valence-electron chi connectivity index (χ0n) is 16.8. The summed E-state index contributed by atoms with van der Waals surface area (Å²) in [5.41, 5.74) is 2.28. The lowest BCUT2D eigenvalue weighted by Gasteiger charge is -2.18. The lowest BCUT2D eigenvalue weighted by molar-refractivity contribution is 0.588. The molecule has 0 aliphatic heterocycles. The fourth-order valence-electron chi connectivity index (χ4n) is 2.72. The predicted octanol–water partition coefficient (Wildman–Crippen LogP) is 2.67. The third kappa shape index (κ3) is 6.98. The monoisotopic (exact) mass is 402 g/mol. The van der Waals surface area contributed by atoms with Crippen molar-refractivity contribution in [1.29, 1.82) is 0 Å². The van der Waals surface area contributed by atoms with Crippen molar-refractivity contribution in [3.8, 4) is 0 Å². The third-order valence-corrected chi connectivity index (χ3v) is 5.79. The summed E-state index contributed by atoms with van der Waals surface area (Å²) in [6, 6.07) is 17.5. The average Bonchev–Trinajstić information content (AvgIpc) is 2.72. The summed E-state index contributed by atoms with van der Waals surface area (Å²) in [6.07, 6.45) is 2.01. The van der Waals surface area contributed by atoms with E-state index in [0.717, 1.165) is 30.9 Å². The smallest absolute Gasteiger partial charge is 0.240 e. The van der Waals surface area contributed by atoms with Gasteiger partial charge in [0, 0.05) is 12.6 Å². The molecular formula is C21H30N4O2S. The van der Waals surface area contributed by atoms with Crippen molar-refractivity contribution >= 4 is 16.0 Å². The fraction of sp³-hybridized carbons (Fsp3) is 0.381. The number of aliphatic imine (C=N–C) groups is 1. The Morgan fingerprint density at radius 1 is 1.04 bits per heavy atom. The number of nitrogens with one attached hydrogen (secondary N) is 3. The summed E-state index contributed by atoms with van der Waals surface area (Å²) >= 11 is 0. The lowest BCUT2D eigenvalue weighted by Crippen LogP contribution is -2.42. The average molecular weight is 403 g/mol. The van der Waals surface area contributed by atoms with Crippen LogP contribution in [0.3, 0.4) is 0 Å². The molecule has 0 heterocycles. The molecule has 3 N–H and O–H groups in total. The number of guanidine groups is 1. The van der Waals surface area contributed by atoms with Crippen LogP contribution in [0.4, 0.5) is 0 Å². The van der Waals surface area contributed by atoms with Gasteiger partial charge in [-0.1, -0.05) is 42.5 Å². The second-order valence-electron chi connectivity index (χ2n) is 6.62. The van der Waals surface area contributed by atoms with Gasteiger partial charge in [0.2, 0.25) is 10.0 Å². The molecule has 0 aromatic heterocycles. The second kappa shape index (κ2) is 10.8. The molecule has 0 bridgehead atoms.